The Morgan fingerprint density at radius 1 is 1.21 bits per heavy atom. The standard InChI is InChI=1S/C14H13FN2O2/c1-8-4-13(18)9(2)3-12(8)17-14(19)10-5-11(15)7-16-6-10/h3-7,18H,1-2H3,(H,17,19). The zero-order chi connectivity index (χ0) is 14.0. The summed E-state index contributed by atoms with van der Waals surface area (Å²) in [5.74, 6) is -0.839. The molecule has 0 radical (unpaired) electrons. The van der Waals surface area contributed by atoms with Gasteiger partial charge in [0.05, 0.1) is 11.8 Å². The summed E-state index contributed by atoms with van der Waals surface area (Å²) in [6.07, 6.45) is 2.33. The average molecular weight is 260 g/mol. The van der Waals surface area contributed by atoms with E-state index in [0.29, 0.717) is 11.3 Å². The van der Waals surface area contributed by atoms with Gasteiger partial charge in [-0.05, 0) is 43.2 Å². The maximum atomic E-state index is 13.0. The summed E-state index contributed by atoms with van der Waals surface area (Å²) in [4.78, 5) is 15.6. The van der Waals surface area contributed by atoms with Crippen LogP contribution in [0.3, 0.4) is 0 Å². The molecule has 2 rings (SSSR count). The van der Waals surface area contributed by atoms with Gasteiger partial charge in [-0.3, -0.25) is 9.78 Å². The Kier molecular flexibility index (Phi) is 3.46. The number of carbonyl (C=O) groups excluding carboxylic acids is 1. The van der Waals surface area contributed by atoms with E-state index < -0.39 is 11.7 Å². The highest BCUT2D eigenvalue weighted by Gasteiger charge is 2.10. The number of pyridine rings is 1. The first kappa shape index (κ1) is 13.0. The molecule has 2 N–H and O–H groups in total. The Hall–Kier alpha value is -2.43. The summed E-state index contributed by atoms with van der Waals surface area (Å²) >= 11 is 0. The SMILES string of the molecule is Cc1cc(NC(=O)c2cncc(F)c2)c(C)cc1O. The number of nitrogens with one attached hydrogen (secondary N) is 1. The van der Waals surface area contributed by atoms with E-state index in [1.165, 1.54) is 6.20 Å². The number of phenols is 1. The molecule has 0 saturated carbocycles. The Morgan fingerprint density at radius 3 is 2.63 bits per heavy atom. The van der Waals surface area contributed by atoms with Crippen molar-refractivity contribution >= 4 is 11.6 Å². The third-order valence-corrected chi connectivity index (χ3v) is 2.76. The summed E-state index contributed by atoms with van der Waals surface area (Å²) in [7, 11) is 0. The van der Waals surface area contributed by atoms with E-state index in [9.17, 15) is 14.3 Å². The topological polar surface area (TPSA) is 62.2 Å². The number of aromatic nitrogens is 1. The molecule has 0 unspecified atom stereocenters. The average Bonchev–Trinajstić information content (AvgIpc) is 2.36. The first-order valence-corrected chi connectivity index (χ1v) is 5.69. The minimum atomic E-state index is -0.564. The number of benzene rings is 1. The first-order valence-electron chi connectivity index (χ1n) is 5.69. The molecule has 1 amide bonds. The number of aromatic hydroxyl groups is 1. The van der Waals surface area contributed by atoms with E-state index in [0.717, 1.165) is 17.8 Å². The fourth-order valence-electron chi connectivity index (χ4n) is 1.67. The van der Waals surface area contributed by atoms with Gasteiger partial charge >= 0.3 is 0 Å². The van der Waals surface area contributed by atoms with Crippen LogP contribution < -0.4 is 5.32 Å². The van der Waals surface area contributed by atoms with Gasteiger partial charge in [0.25, 0.3) is 5.91 Å². The second kappa shape index (κ2) is 5.06. The first-order chi connectivity index (χ1) is 8.97. The lowest BCUT2D eigenvalue weighted by atomic mass is 10.1. The quantitative estimate of drug-likeness (QED) is 0.816. The summed E-state index contributed by atoms with van der Waals surface area (Å²) in [5, 5.41) is 12.2. The molecule has 0 aliphatic heterocycles. The largest absolute Gasteiger partial charge is 0.508 e. The molecular weight excluding hydrogens is 247 g/mol. The Balaban J connectivity index is 2.27. The van der Waals surface area contributed by atoms with Gasteiger partial charge in [0.15, 0.2) is 0 Å². The molecule has 1 aromatic carbocycles. The molecular formula is C14H13FN2O2. The Labute approximate surface area is 109 Å². The second-order valence-electron chi connectivity index (χ2n) is 4.30. The molecule has 5 heteroatoms. The van der Waals surface area contributed by atoms with E-state index in [-0.39, 0.29) is 11.3 Å². The van der Waals surface area contributed by atoms with Crippen LogP contribution in [-0.4, -0.2) is 16.0 Å². The fourth-order valence-corrected chi connectivity index (χ4v) is 1.67. The number of aryl methyl sites for hydroxylation is 2. The van der Waals surface area contributed by atoms with E-state index in [2.05, 4.69) is 10.3 Å². The van der Waals surface area contributed by atoms with Gasteiger partial charge in [-0.2, -0.15) is 0 Å². The van der Waals surface area contributed by atoms with Crippen molar-refractivity contribution < 1.29 is 14.3 Å². The zero-order valence-corrected chi connectivity index (χ0v) is 10.6. The second-order valence-corrected chi connectivity index (χ2v) is 4.30. The number of carbonyl (C=O) groups is 1. The lowest BCUT2D eigenvalue weighted by molar-refractivity contribution is 0.102. The summed E-state index contributed by atoms with van der Waals surface area (Å²) < 4.78 is 13.0. The molecule has 0 fully saturated rings. The normalized spacial score (nSPS) is 10.3. The van der Waals surface area contributed by atoms with E-state index in [4.69, 9.17) is 0 Å². The van der Waals surface area contributed by atoms with Gasteiger partial charge in [-0.25, -0.2) is 4.39 Å². The maximum absolute atomic E-state index is 13.0. The summed E-state index contributed by atoms with van der Waals surface area (Å²) in [6, 6.07) is 4.34. The van der Waals surface area contributed by atoms with Crippen LogP contribution in [0.2, 0.25) is 0 Å². The minimum absolute atomic E-state index is 0.144. The number of halogens is 1. The third kappa shape index (κ3) is 2.88. The van der Waals surface area contributed by atoms with Crippen LogP contribution in [-0.2, 0) is 0 Å². The molecule has 1 aromatic heterocycles. The highest BCUT2D eigenvalue weighted by molar-refractivity contribution is 6.04. The van der Waals surface area contributed by atoms with Crippen LogP contribution in [0.25, 0.3) is 0 Å². The molecule has 98 valence electrons. The van der Waals surface area contributed by atoms with Crippen molar-refractivity contribution in [2.24, 2.45) is 0 Å². The summed E-state index contributed by atoms with van der Waals surface area (Å²) in [6.45, 7) is 3.49. The summed E-state index contributed by atoms with van der Waals surface area (Å²) in [5.41, 5.74) is 2.09. The molecule has 0 bridgehead atoms. The zero-order valence-electron chi connectivity index (χ0n) is 10.6. The molecule has 4 nitrogen and oxygen atoms in total. The predicted octanol–water partition coefficient (Wildman–Crippen LogP) is 2.80. The molecule has 1 heterocycles. The molecule has 0 aliphatic rings. The Morgan fingerprint density at radius 2 is 1.95 bits per heavy atom. The number of hydrogen-bond donors (Lipinski definition) is 2. The predicted molar refractivity (Wildman–Crippen MR) is 69.7 cm³/mol. The van der Waals surface area contributed by atoms with Gasteiger partial charge in [-0.15, -0.1) is 0 Å². The highest BCUT2D eigenvalue weighted by Crippen LogP contribution is 2.25. The van der Waals surface area contributed by atoms with Crippen LogP contribution in [0.1, 0.15) is 21.5 Å². The van der Waals surface area contributed by atoms with Crippen LogP contribution in [0, 0.1) is 19.7 Å². The van der Waals surface area contributed by atoms with Crippen LogP contribution in [0.5, 0.6) is 5.75 Å². The van der Waals surface area contributed by atoms with Gasteiger partial charge in [0.1, 0.15) is 11.6 Å². The van der Waals surface area contributed by atoms with E-state index in [1.54, 1.807) is 26.0 Å². The van der Waals surface area contributed by atoms with Gasteiger partial charge in [-0.1, -0.05) is 0 Å². The highest BCUT2D eigenvalue weighted by atomic mass is 19.1. The number of amides is 1. The van der Waals surface area contributed by atoms with Gasteiger partial charge in [0, 0.05) is 11.9 Å². The number of phenolic OH excluding ortho intramolecular Hbond substituents is 1. The maximum Gasteiger partial charge on any atom is 0.257 e. The van der Waals surface area contributed by atoms with Crippen molar-refractivity contribution in [3.63, 3.8) is 0 Å². The molecule has 19 heavy (non-hydrogen) atoms. The fraction of sp³-hybridized carbons (Fsp3) is 0.143. The van der Waals surface area contributed by atoms with Crippen molar-refractivity contribution in [3.05, 3.63) is 53.1 Å². The number of rotatable bonds is 2. The lowest BCUT2D eigenvalue weighted by Gasteiger charge is -2.10. The van der Waals surface area contributed by atoms with Crippen molar-refractivity contribution in [2.45, 2.75) is 13.8 Å². The molecule has 0 atom stereocenters. The third-order valence-electron chi connectivity index (χ3n) is 2.76. The molecule has 2 aromatic rings. The van der Waals surface area contributed by atoms with Crippen molar-refractivity contribution in [1.82, 2.24) is 4.98 Å². The van der Waals surface area contributed by atoms with Crippen molar-refractivity contribution in [1.29, 1.82) is 0 Å². The van der Waals surface area contributed by atoms with E-state index in [1.807, 2.05) is 0 Å². The smallest absolute Gasteiger partial charge is 0.257 e. The van der Waals surface area contributed by atoms with E-state index >= 15 is 0 Å². The Bertz CT molecular complexity index is 641. The van der Waals surface area contributed by atoms with Crippen LogP contribution >= 0.6 is 0 Å². The molecule has 0 spiro atoms. The number of anilines is 1. The monoisotopic (exact) mass is 260 g/mol. The van der Waals surface area contributed by atoms with Gasteiger partial charge < -0.3 is 10.4 Å². The van der Waals surface area contributed by atoms with Crippen molar-refractivity contribution in [3.8, 4) is 5.75 Å². The molecule has 0 saturated heterocycles. The number of hydrogen-bond acceptors (Lipinski definition) is 3. The van der Waals surface area contributed by atoms with Crippen LogP contribution in [0.4, 0.5) is 10.1 Å². The van der Waals surface area contributed by atoms with Crippen molar-refractivity contribution in [2.75, 3.05) is 5.32 Å². The van der Waals surface area contributed by atoms with Crippen LogP contribution in [0.15, 0.2) is 30.6 Å². The molecule has 0 aliphatic carbocycles. The lowest BCUT2D eigenvalue weighted by Crippen LogP contribution is -2.13. The minimum Gasteiger partial charge on any atom is -0.508 e. The van der Waals surface area contributed by atoms with Gasteiger partial charge in [0.2, 0.25) is 0 Å². The number of nitrogens with zero attached hydrogens (tertiary/aromatic N) is 1.